The van der Waals surface area contributed by atoms with E-state index in [2.05, 4.69) is 16.6 Å². The van der Waals surface area contributed by atoms with Gasteiger partial charge in [0.15, 0.2) is 5.13 Å². The van der Waals surface area contributed by atoms with Crippen LogP contribution in [-0.2, 0) is 4.79 Å². The van der Waals surface area contributed by atoms with Gasteiger partial charge in [0, 0.05) is 11.6 Å². The van der Waals surface area contributed by atoms with Crippen molar-refractivity contribution in [3.8, 4) is 0 Å². The number of carbonyl (C=O) groups excluding carboxylic acids is 1. The molecule has 1 aromatic rings. The highest BCUT2D eigenvalue weighted by atomic mass is 35.5. The number of nitrogens with one attached hydrogen (secondary N) is 1. The second-order valence-corrected chi connectivity index (χ2v) is 7.18. The van der Waals surface area contributed by atoms with Gasteiger partial charge in [-0.3, -0.25) is 10.1 Å². The summed E-state index contributed by atoms with van der Waals surface area (Å²) < 4.78 is 212. The minimum Gasteiger partial charge on any atom is -0.296 e. The van der Waals surface area contributed by atoms with Gasteiger partial charge in [0.2, 0.25) is 0 Å². The molecule has 1 rings (SSSR count). The van der Waals surface area contributed by atoms with E-state index in [4.69, 9.17) is 0 Å². The third kappa shape index (κ3) is 3.95. The molecule has 0 spiro atoms. The van der Waals surface area contributed by atoms with Crippen molar-refractivity contribution in [3.63, 3.8) is 0 Å². The lowest BCUT2D eigenvalue weighted by atomic mass is 9.89. The van der Waals surface area contributed by atoms with Gasteiger partial charge in [-0.2, -0.15) is 70.2 Å². The van der Waals surface area contributed by atoms with Crippen LogP contribution < -0.4 is 5.32 Å². The Morgan fingerprint density at radius 3 is 1.39 bits per heavy atom. The van der Waals surface area contributed by atoms with E-state index in [0.29, 0.717) is 11.5 Å². The molecule has 3 nitrogen and oxygen atoms in total. The Morgan fingerprint density at radius 2 is 1.06 bits per heavy atom. The molecule has 33 heavy (non-hydrogen) atoms. The molecule has 0 aliphatic heterocycles. The molecule has 0 aliphatic carbocycles. The molecule has 0 bridgehead atoms. The Balaban J connectivity index is 3.57. The Hall–Kier alpha value is -1.73. The fraction of sp³-hybridized carbons (Fsp3) is 0.667. The van der Waals surface area contributed by atoms with E-state index in [-0.39, 0.29) is 11.3 Å². The summed E-state index contributed by atoms with van der Waals surface area (Å²) in [4.78, 5) is 14.1. The van der Waals surface area contributed by atoms with Gasteiger partial charge in [-0.1, -0.05) is 0 Å². The van der Waals surface area contributed by atoms with Gasteiger partial charge >= 0.3 is 52.7 Å². The van der Waals surface area contributed by atoms with Crippen LogP contribution >= 0.6 is 22.9 Å². The average molecular weight is 563 g/mol. The number of hydrogen-bond acceptors (Lipinski definition) is 3. The minimum absolute atomic E-state index is 0.161. The molecule has 0 saturated carbocycles. The van der Waals surface area contributed by atoms with E-state index < -0.39 is 57.9 Å². The lowest BCUT2D eigenvalue weighted by Gasteiger charge is -2.42. The quantitative estimate of drug-likeness (QED) is 0.281. The Morgan fingerprint density at radius 1 is 0.697 bits per heavy atom. The summed E-state index contributed by atoms with van der Waals surface area (Å²) in [6, 6.07) is 0. The molecule has 0 aromatic carbocycles. The van der Waals surface area contributed by atoms with Crippen molar-refractivity contribution in [2.24, 2.45) is 0 Å². The molecule has 192 valence electrons. The maximum atomic E-state index is 13.6. The number of amides is 1. The van der Waals surface area contributed by atoms with E-state index in [1.54, 1.807) is 0 Å². The summed E-state index contributed by atoms with van der Waals surface area (Å²) in [7, 11) is 0. The maximum absolute atomic E-state index is 13.6. The van der Waals surface area contributed by atoms with E-state index in [9.17, 15) is 75.0 Å². The largest absolute Gasteiger partial charge is 0.393 e. The predicted molar refractivity (Wildman–Crippen MR) is 76.2 cm³/mol. The third-order valence-electron chi connectivity index (χ3n) is 3.66. The smallest absolute Gasteiger partial charge is 0.296 e. The number of aromatic nitrogens is 1. The third-order valence-corrected chi connectivity index (χ3v) is 4.59. The average Bonchev–Trinajstić information content (AvgIpc) is 3.12. The van der Waals surface area contributed by atoms with Gasteiger partial charge in [-0.15, -0.1) is 11.3 Å². The van der Waals surface area contributed by atoms with Gasteiger partial charge in [-0.25, -0.2) is 4.98 Å². The number of rotatable bonds is 9. The molecule has 1 heterocycles. The zero-order valence-electron chi connectivity index (χ0n) is 14.3. The Bertz CT molecular complexity index is 865. The lowest BCUT2D eigenvalue weighted by Crippen LogP contribution is -2.75. The van der Waals surface area contributed by atoms with Crippen LogP contribution in [0.15, 0.2) is 11.6 Å². The lowest BCUT2D eigenvalue weighted by molar-refractivity contribution is -0.445. The van der Waals surface area contributed by atoms with Gasteiger partial charge in [0.1, 0.15) is 0 Å². The van der Waals surface area contributed by atoms with Gasteiger partial charge in [-0.05, 0) is 11.6 Å². The number of nitrogens with zero attached hydrogens (tertiary/aromatic N) is 1. The van der Waals surface area contributed by atoms with Crippen molar-refractivity contribution < 1.29 is 75.0 Å². The first-order chi connectivity index (χ1) is 14.2. The summed E-state index contributed by atoms with van der Waals surface area (Å²) in [5.74, 6) is -60.5. The molecule has 0 fully saturated rings. The maximum Gasteiger partial charge on any atom is 0.393 e. The van der Waals surface area contributed by atoms with Gasteiger partial charge in [0.05, 0.1) is 0 Å². The molecule has 0 saturated heterocycles. The number of alkyl halides is 17. The standard InChI is InChI=1S/C12H3ClF16N2OS/c13-12(28,29)11(26,27)10(24,25)9(22,23)8(20,21)7(18,19)6(16,17)5(14,15)3(32)31-4-30-1-2-33-4/h1-2H,(H,30,31,32). The van der Waals surface area contributed by atoms with Crippen LogP contribution in [0.2, 0.25) is 0 Å². The van der Waals surface area contributed by atoms with Crippen molar-refractivity contribution in [2.75, 3.05) is 5.32 Å². The van der Waals surface area contributed by atoms with E-state index in [1.165, 1.54) is 0 Å². The Kier molecular flexibility index (Phi) is 7.02. The van der Waals surface area contributed by atoms with Crippen LogP contribution in [0.1, 0.15) is 0 Å². The summed E-state index contributed by atoms with van der Waals surface area (Å²) in [6.45, 7) is 0. The number of thiazole rings is 1. The summed E-state index contributed by atoms with van der Waals surface area (Å²) in [6.07, 6.45) is 0.703. The number of hydrogen-bond donors (Lipinski definition) is 1. The first-order valence-corrected chi connectivity index (χ1v) is 8.43. The first kappa shape index (κ1) is 29.3. The summed E-state index contributed by atoms with van der Waals surface area (Å²) in [5, 5.41) is -6.35. The van der Waals surface area contributed by atoms with Crippen LogP contribution in [0, 0.1) is 0 Å². The molecule has 1 aromatic heterocycles. The zero-order chi connectivity index (χ0) is 26.7. The minimum atomic E-state index is -8.62. The molecular weight excluding hydrogens is 560 g/mol. The monoisotopic (exact) mass is 562 g/mol. The molecule has 0 atom stereocenters. The molecule has 1 N–H and O–H groups in total. The molecule has 1 amide bonds. The van der Waals surface area contributed by atoms with Crippen LogP contribution in [-0.4, -0.2) is 57.7 Å². The highest BCUT2D eigenvalue weighted by molar-refractivity contribution is 7.13. The van der Waals surface area contributed by atoms with E-state index in [1.807, 2.05) is 0 Å². The van der Waals surface area contributed by atoms with E-state index >= 15 is 0 Å². The van der Waals surface area contributed by atoms with Crippen molar-refractivity contribution in [1.82, 2.24) is 4.98 Å². The van der Waals surface area contributed by atoms with Crippen molar-refractivity contribution in [3.05, 3.63) is 11.6 Å². The molecule has 21 heteroatoms. The molecule has 0 radical (unpaired) electrons. The second-order valence-electron chi connectivity index (χ2n) is 5.81. The first-order valence-electron chi connectivity index (χ1n) is 7.17. The van der Waals surface area contributed by atoms with Crippen molar-refractivity contribution in [2.45, 2.75) is 46.8 Å². The molecular formula is C12H3ClF16N2OS. The SMILES string of the molecule is O=C(Nc1nccs1)C(F)(F)C(F)(F)C(F)(F)C(F)(F)C(F)(F)C(F)(F)C(F)(F)C(F)(F)Cl. The molecule has 0 unspecified atom stereocenters. The second kappa shape index (κ2) is 7.91. The zero-order valence-corrected chi connectivity index (χ0v) is 15.9. The van der Waals surface area contributed by atoms with Crippen LogP contribution in [0.3, 0.4) is 0 Å². The predicted octanol–water partition coefficient (Wildman–Crippen LogP) is 6.36. The van der Waals surface area contributed by atoms with Crippen LogP contribution in [0.4, 0.5) is 75.4 Å². The highest BCUT2D eigenvalue weighted by Crippen LogP contribution is 2.64. The van der Waals surface area contributed by atoms with Crippen molar-refractivity contribution in [1.29, 1.82) is 0 Å². The number of halogens is 17. The molecule has 0 aliphatic rings. The number of carbonyl (C=O) groups is 1. The summed E-state index contributed by atoms with van der Waals surface area (Å²) >= 11 is 3.56. The van der Waals surface area contributed by atoms with Gasteiger partial charge < -0.3 is 0 Å². The van der Waals surface area contributed by atoms with Crippen molar-refractivity contribution >= 4 is 34.0 Å². The van der Waals surface area contributed by atoms with Crippen LogP contribution in [0.5, 0.6) is 0 Å². The van der Waals surface area contributed by atoms with E-state index in [0.717, 1.165) is 5.38 Å². The summed E-state index contributed by atoms with van der Waals surface area (Å²) in [5.41, 5.74) is 0. The Labute approximate surface area is 178 Å². The van der Waals surface area contributed by atoms with Gasteiger partial charge in [0.25, 0.3) is 0 Å². The van der Waals surface area contributed by atoms with Crippen LogP contribution in [0.25, 0.3) is 0 Å². The topological polar surface area (TPSA) is 42.0 Å². The normalized spacial score (nSPS) is 15.5. The fourth-order valence-corrected chi connectivity index (χ4v) is 2.41. The highest BCUT2D eigenvalue weighted by Gasteiger charge is 2.95. The number of anilines is 1. The fourth-order valence-electron chi connectivity index (χ4n) is 1.77.